The average molecular weight is 266 g/mol. The largest absolute Gasteiger partial charge is 0.496 e. The minimum Gasteiger partial charge on any atom is -0.496 e. The third-order valence-corrected chi connectivity index (χ3v) is 3.65. The van der Waals surface area contributed by atoms with Gasteiger partial charge in [0.15, 0.2) is 0 Å². The van der Waals surface area contributed by atoms with Crippen molar-refractivity contribution in [3.05, 3.63) is 29.3 Å². The van der Waals surface area contributed by atoms with Crippen LogP contribution in [0.1, 0.15) is 44.4 Å². The SMILES string of the molecule is CCOC(C)(CC)C(NN)c1cc(C)ccc1OC. The van der Waals surface area contributed by atoms with Gasteiger partial charge in [0.25, 0.3) is 0 Å². The first-order chi connectivity index (χ1) is 9.02. The molecule has 0 fully saturated rings. The second kappa shape index (κ2) is 6.89. The molecule has 0 aliphatic rings. The smallest absolute Gasteiger partial charge is 0.123 e. The van der Waals surface area contributed by atoms with Crippen LogP contribution >= 0.6 is 0 Å². The number of nitrogens with two attached hydrogens (primary N) is 1. The van der Waals surface area contributed by atoms with Crippen molar-refractivity contribution < 1.29 is 9.47 Å². The summed E-state index contributed by atoms with van der Waals surface area (Å²) in [6.45, 7) is 8.87. The van der Waals surface area contributed by atoms with Crippen molar-refractivity contribution in [1.82, 2.24) is 5.43 Å². The van der Waals surface area contributed by atoms with Crippen molar-refractivity contribution in [2.45, 2.75) is 45.8 Å². The Morgan fingerprint density at radius 1 is 1.37 bits per heavy atom. The molecule has 3 N–H and O–H groups in total. The van der Waals surface area contributed by atoms with Crippen molar-refractivity contribution >= 4 is 0 Å². The maximum absolute atomic E-state index is 5.93. The zero-order valence-electron chi connectivity index (χ0n) is 12.6. The minimum absolute atomic E-state index is 0.118. The number of hydrogen-bond acceptors (Lipinski definition) is 4. The van der Waals surface area contributed by atoms with E-state index in [9.17, 15) is 0 Å². The van der Waals surface area contributed by atoms with E-state index in [4.69, 9.17) is 15.3 Å². The van der Waals surface area contributed by atoms with Crippen LogP contribution in [0.3, 0.4) is 0 Å². The van der Waals surface area contributed by atoms with E-state index in [-0.39, 0.29) is 11.6 Å². The van der Waals surface area contributed by atoms with Crippen LogP contribution in [0.25, 0.3) is 0 Å². The fourth-order valence-corrected chi connectivity index (χ4v) is 2.39. The highest BCUT2D eigenvalue weighted by molar-refractivity contribution is 5.40. The summed E-state index contributed by atoms with van der Waals surface area (Å²) in [4.78, 5) is 0. The predicted molar refractivity (Wildman–Crippen MR) is 78.1 cm³/mol. The van der Waals surface area contributed by atoms with E-state index in [0.717, 1.165) is 17.7 Å². The molecular weight excluding hydrogens is 240 g/mol. The Kier molecular flexibility index (Phi) is 5.79. The summed E-state index contributed by atoms with van der Waals surface area (Å²) in [6, 6.07) is 5.97. The molecule has 4 nitrogen and oxygen atoms in total. The number of hydrazine groups is 1. The number of hydrogen-bond donors (Lipinski definition) is 2. The van der Waals surface area contributed by atoms with Crippen molar-refractivity contribution in [3.8, 4) is 5.75 Å². The van der Waals surface area contributed by atoms with Crippen LogP contribution in [0.2, 0.25) is 0 Å². The molecule has 0 heterocycles. The van der Waals surface area contributed by atoms with E-state index in [1.54, 1.807) is 7.11 Å². The molecule has 2 unspecified atom stereocenters. The molecule has 108 valence electrons. The van der Waals surface area contributed by atoms with Crippen LogP contribution in [0.15, 0.2) is 18.2 Å². The predicted octanol–water partition coefficient (Wildman–Crippen LogP) is 2.71. The summed E-state index contributed by atoms with van der Waals surface area (Å²) in [5, 5.41) is 0. The Hall–Kier alpha value is -1.10. The van der Waals surface area contributed by atoms with Crippen LogP contribution in [0, 0.1) is 6.92 Å². The Labute approximate surface area is 116 Å². The fraction of sp³-hybridized carbons (Fsp3) is 0.600. The first kappa shape index (κ1) is 16.0. The van der Waals surface area contributed by atoms with Gasteiger partial charge in [-0.15, -0.1) is 0 Å². The quantitative estimate of drug-likeness (QED) is 0.588. The number of rotatable bonds is 7. The standard InChI is InChI=1S/C15H26N2O2/c1-6-15(4,19-7-2)14(17-16)12-10-11(3)8-9-13(12)18-5/h8-10,14,17H,6-7,16H2,1-5H3. The second-order valence-electron chi connectivity index (χ2n) is 4.94. The number of methoxy groups -OCH3 is 1. The maximum atomic E-state index is 5.93. The van der Waals surface area contributed by atoms with E-state index in [1.807, 2.05) is 19.1 Å². The monoisotopic (exact) mass is 266 g/mol. The summed E-state index contributed by atoms with van der Waals surface area (Å²) in [5.74, 6) is 6.61. The molecule has 0 aromatic heterocycles. The van der Waals surface area contributed by atoms with Gasteiger partial charge in [0.05, 0.1) is 18.8 Å². The third kappa shape index (κ3) is 3.47. The summed E-state index contributed by atoms with van der Waals surface area (Å²) < 4.78 is 11.4. The van der Waals surface area contributed by atoms with Crippen molar-refractivity contribution in [2.24, 2.45) is 5.84 Å². The number of aryl methyl sites for hydroxylation is 1. The van der Waals surface area contributed by atoms with Crippen molar-refractivity contribution in [2.75, 3.05) is 13.7 Å². The third-order valence-electron chi connectivity index (χ3n) is 3.65. The number of ether oxygens (including phenoxy) is 2. The molecule has 0 saturated carbocycles. The summed E-state index contributed by atoms with van der Waals surface area (Å²) in [7, 11) is 1.67. The molecule has 2 atom stereocenters. The number of benzene rings is 1. The van der Waals surface area contributed by atoms with Gasteiger partial charge in [0.1, 0.15) is 5.75 Å². The lowest BCUT2D eigenvalue weighted by atomic mass is 9.87. The minimum atomic E-state index is -0.370. The molecule has 0 aliphatic carbocycles. The van der Waals surface area contributed by atoms with E-state index >= 15 is 0 Å². The van der Waals surface area contributed by atoms with Crippen LogP contribution in [-0.4, -0.2) is 19.3 Å². The summed E-state index contributed by atoms with van der Waals surface area (Å²) >= 11 is 0. The topological polar surface area (TPSA) is 56.5 Å². The van der Waals surface area contributed by atoms with Gasteiger partial charge in [-0.25, -0.2) is 5.43 Å². The molecule has 0 radical (unpaired) electrons. The zero-order valence-corrected chi connectivity index (χ0v) is 12.6. The van der Waals surface area contributed by atoms with E-state index in [1.165, 1.54) is 5.56 Å². The molecule has 0 aliphatic heterocycles. The molecule has 4 heteroatoms. The Balaban J connectivity index is 3.25. The molecule has 19 heavy (non-hydrogen) atoms. The van der Waals surface area contributed by atoms with Gasteiger partial charge in [-0.1, -0.05) is 24.6 Å². The Bertz CT molecular complexity index is 409. The fourth-order valence-electron chi connectivity index (χ4n) is 2.39. The molecule has 1 aromatic carbocycles. The number of nitrogens with one attached hydrogen (secondary N) is 1. The lowest BCUT2D eigenvalue weighted by Gasteiger charge is -2.37. The molecule has 0 bridgehead atoms. The first-order valence-corrected chi connectivity index (χ1v) is 6.77. The van der Waals surface area contributed by atoms with Crippen LogP contribution in [0.5, 0.6) is 5.75 Å². The highest BCUT2D eigenvalue weighted by Gasteiger charge is 2.35. The Morgan fingerprint density at radius 3 is 2.53 bits per heavy atom. The van der Waals surface area contributed by atoms with Gasteiger partial charge in [0.2, 0.25) is 0 Å². The van der Waals surface area contributed by atoms with Gasteiger partial charge < -0.3 is 9.47 Å². The van der Waals surface area contributed by atoms with E-state index < -0.39 is 0 Å². The molecule has 0 saturated heterocycles. The summed E-state index contributed by atoms with van der Waals surface area (Å²) in [5.41, 5.74) is 4.72. The highest BCUT2D eigenvalue weighted by atomic mass is 16.5. The maximum Gasteiger partial charge on any atom is 0.123 e. The van der Waals surface area contributed by atoms with Crippen LogP contribution < -0.4 is 16.0 Å². The van der Waals surface area contributed by atoms with Crippen LogP contribution in [-0.2, 0) is 4.74 Å². The molecule has 0 spiro atoms. The van der Waals surface area contributed by atoms with Gasteiger partial charge in [-0.3, -0.25) is 5.84 Å². The van der Waals surface area contributed by atoms with E-state index in [0.29, 0.717) is 6.61 Å². The van der Waals surface area contributed by atoms with Gasteiger partial charge in [-0.05, 0) is 33.3 Å². The lowest BCUT2D eigenvalue weighted by Crippen LogP contribution is -2.46. The zero-order chi connectivity index (χ0) is 14.5. The summed E-state index contributed by atoms with van der Waals surface area (Å²) in [6.07, 6.45) is 0.854. The highest BCUT2D eigenvalue weighted by Crippen LogP contribution is 2.36. The normalized spacial score (nSPS) is 15.9. The Morgan fingerprint density at radius 2 is 2.05 bits per heavy atom. The lowest BCUT2D eigenvalue weighted by molar-refractivity contribution is -0.0568. The molecule has 1 rings (SSSR count). The molecule has 1 aromatic rings. The van der Waals surface area contributed by atoms with Gasteiger partial charge in [0, 0.05) is 12.2 Å². The average Bonchev–Trinajstić information content (AvgIpc) is 2.40. The van der Waals surface area contributed by atoms with Crippen LogP contribution in [0.4, 0.5) is 0 Å². The second-order valence-corrected chi connectivity index (χ2v) is 4.94. The first-order valence-electron chi connectivity index (χ1n) is 6.77. The molecular formula is C15H26N2O2. The van der Waals surface area contributed by atoms with Crippen molar-refractivity contribution in [1.29, 1.82) is 0 Å². The van der Waals surface area contributed by atoms with Crippen molar-refractivity contribution in [3.63, 3.8) is 0 Å². The molecule has 0 amide bonds. The van der Waals surface area contributed by atoms with Gasteiger partial charge in [-0.2, -0.15) is 0 Å². The van der Waals surface area contributed by atoms with Gasteiger partial charge >= 0.3 is 0 Å². The van der Waals surface area contributed by atoms with E-state index in [2.05, 4.69) is 32.3 Å².